The van der Waals surface area contributed by atoms with Gasteiger partial charge in [0.15, 0.2) is 15.4 Å². The van der Waals surface area contributed by atoms with Crippen LogP contribution in [0.15, 0.2) is 94.2 Å². The standard InChI is InChI=1S/C28H21ClN2O4S/c1-17-7-9-18(10-8-17)22-16-20(36(2,33)34)12-13-21(22)27(32)30-19-11-14-24(29)23(15-19)28-31-25-5-3-4-6-26(25)35-28/h3-16H,1-2H3,(H,30,32). The number of carbonyl (C=O) groups is 1. The van der Waals surface area contributed by atoms with Crippen LogP contribution in [0, 0.1) is 6.92 Å². The van der Waals surface area contributed by atoms with Gasteiger partial charge >= 0.3 is 0 Å². The Morgan fingerprint density at radius 1 is 0.917 bits per heavy atom. The lowest BCUT2D eigenvalue weighted by molar-refractivity contribution is 0.102. The second-order valence-corrected chi connectivity index (χ2v) is 10.9. The molecule has 1 heterocycles. The molecule has 4 aromatic carbocycles. The van der Waals surface area contributed by atoms with Gasteiger partial charge in [0, 0.05) is 17.5 Å². The average molecular weight is 517 g/mol. The molecular weight excluding hydrogens is 496 g/mol. The molecule has 0 aliphatic carbocycles. The summed E-state index contributed by atoms with van der Waals surface area (Å²) in [5.74, 6) is -0.0494. The predicted octanol–water partition coefficient (Wildman–Crippen LogP) is 6.78. The molecule has 1 aromatic heterocycles. The SMILES string of the molecule is Cc1ccc(-c2cc(S(C)(=O)=O)ccc2C(=O)Nc2ccc(Cl)c(-c3nc4ccccc4o3)c2)cc1. The van der Waals surface area contributed by atoms with Gasteiger partial charge in [0.1, 0.15) is 5.52 Å². The van der Waals surface area contributed by atoms with E-state index in [0.717, 1.165) is 17.4 Å². The monoisotopic (exact) mass is 516 g/mol. The highest BCUT2D eigenvalue weighted by Gasteiger charge is 2.19. The van der Waals surface area contributed by atoms with Crippen LogP contribution in [0.25, 0.3) is 33.7 Å². The first-order valence-corrected chi connectivity index (χ1v) is 13.3. The molecule has 0 radical (unpaired) electrons. The minimum Gasteiger partial charge on any atom is -0.436 e. The van der Waals surface area contributed by atoms with Gasteiger partial charge in [-0.2, -0.15) is 0 Å². The van der Waals surface area contributed by atoms with Crippen LogP contribution in [0.5, 0.6) is 0 Å². The lowest BCUT2D eigenvalue weighted by Gasteiger charge is -2.13. The fraction of sp³-hybridized carbons (Fsp3) is 0.0714. The summed E-state index contributed by atoms with van der Waals surface area (Å²) in [6.07, 6.45) is 1.14. The van der Waals surface area contributed by atoms with Crippen molar-refractivity contribution < 1.29 is 17.6 Å². The molecule has 1 amide bonds. The van der Waals surface area contributed by atoms with Crippen LogP contribution in [0.1, 0.15) is 15.9 Å². The topological polar surface area (TPSA) is 89.3 Å². The van der Waals surface area contributed by atoms with Crippen molar-refractivity contribution in [1.29, 1.82) is 0 Å². The van der Waals surface area contributed by atoms with Crippen molar-refractivity contribution >= 4 is 44.1 Å². The third-order valence-corrected chi connectivity index (χ3v) is 7.21. The van der Waals surface area contributed by atoms with Gasteiger partial charge in [-0.15, -0.1) is 0 Å². The van der Waals surface area contributed by atoms with Crippen molar-refractivity contribution in [2.45, 2.75) is 11.8 Å². The molecule has 8 heteroatoms. The zero-order valence-electron chi connectivity index (χ0n) is 19.4. The summed E-state index contributed by atoms with van der Waals surface area (Å²) in [5.41, 5.74) is 5.00. The summed E-state index contributed by atoms with van der Waals surface area (Å²) in [6, 6.07) is 24.5. The van der Waals surface area contributed by atoms with E-state index in [1.165, 1.54) is 18.2 Å². The van der Waals surface area contributed by atoms with Gasteiger partial charge in [0.2, 0.25) is 5.89 Å². The molecule has 0 saturated carbocycles. The Kier molecular flexibility index (Phi) is 6.12. The lowest BCUT2D eigenvalue weighted by Crippen LogP contribution is -2.14. The molecule has 5 aromatic rings. The predicted molar refractivity (Wildman–Crippen MR) is 142 cm³/mol. The van der Waals surface area contributed by atoms with E-state index in [1.807, 2.05) is 55.5 Å². The zero-order chi connectivity index (χ0) is 25.4. The van der Waals surface area contributed by atoms with Crippen molar-refractivity contribution in [2.24, 2.45) is 0 Å². The summed E-state index contributed by atoms with van der Waals surface area (Å²) < 4.78 is 30.2. The number of nitrogens with zero attached hydrogens (tertiary/aromatic N) is 1. The molecule has 0 spiro atoms. The Labute approximate surface area is 213 Å². The molecule has 0 atom stereocenters. The molecule has 1 N–H and O–H groups in total. The van der Waals surface area contributed by atoms with Crippen molar-refractivity contribution in [3.05, 3.63) is 101 Å². The van der Waals surface area contributed by atoms with Crippen LogP contribution in [0.2, 0.25) is 5.02 Å². The maximum atomic E-state index is 13.4. The Morgan fingerprint density at radius 2 is 1.67 bits per heavy atom. The van der Waals surface area contributed by atoms with Crippen molar-refractivity contribution in [3.8, 4) is 22.6 Å². The average Bonchev–Trinajstić information content (AvgIpc) is 3.29. The van der Waals surface area contributed by atoms with Crippen LogP contribution in [-0.2, 0) is 9.84 Å². The third kappa shape index (κ3) is 4.76. The van der Waals surface area contributed by atoms with E-state index in [0.29, 0.717) is 44.4 Å². The molecule has 5 rings (SSSR count). The second kappa shape index (κ2) is 9.26. The molecule has 0 aliphatic heterocycles. The molecule has 0 unspecified atom stereocenters. The summed E-state index contributed by atoms with van der Waals surface area (Å²) in [4.78, 5) is 18.0. The number of hydrogen-bond acceptors (Lipinski definition) is 5. The second-order valence-electron chi connectivity index (χ2n) is 8.48. The lowest BCUT2D eigenvalue weighted by atomic mass is 9.98. The van der Waals surface area contributed by atoms with E-state index in [2.05, 4.69) is 10.3 Å². The number of anilines is 1. The number of aryl methyl sites for hydroxylation is 1. The first-order valence-electron chi connectivity index (χ1n) is 11.1. The van der Waals surface area contributed by atoms with Crippen LogP contribution >= 0.6 is 11.6 Å². The Hall–Kier alpha value is -3.94. The molecule has 36 heavy (non-hydrogen) atoms. The van der Waals surface area contributed by atoms with E-state index < -0.39 is 15.7 Å². The van der Waals surface area contributed by atoms with E-state index >= 15 is 0 Å². The fourth-order valence-corrected chi connectivity index (χ4v) is 4.72. The zero-order valence-corrected chi connectivity index (χ0v) is 21.0. The highest BCUT2D eigenvalue weighted by molar-refractivity contribution is 7.90. The van der Waals surface area contributed by atoms with E-state index in [9.17, 15) is 13.2 Å². The van der Waals surface area contributed by atoms with Crippen molar-refractivity contribution in [3.63, 3.8) is 0 Å². The largest absolute Gasteiger partial charge is 0.436 e. The normalized spacial score (nSPS) is 11.5. The number of amides is 1. The Bertz CT molecular complexity index is 1690. The quantitative estimate of drug-likeness (QED) is 0.278. The van der Waals surface area contributed by atoms with E-state index in [1.54, 1.807) is 18.2 Å². The molecule has 180 valence electrons. The number of nitrogens with one attached hydrogen (secondary N) is 1. The first kappa shape index (κ1) is 23.8. The van der Waals surface area contributed by atoms with Crippen LogP contribution < -0.4 is 5.32 Å². The van der Waals surface area contributed by atoms with Crippen molar-refractivity contribution in [2.75, 3.05) is 11.6 Å². The van der Waals surface area contributed by atoms with E-state index in [-0.39, 0.29) is 4.90 Å². The number of rotatable bonds is 5. The van der Waals surface area contributed by atoms with Gasteiger partial charge in [-0.05, 0) is 66.6 Å². The smallest absolute Gasteiger partial charge is 0.256 e. The minimum absolute atomic E-state index is 0.138. The number of hydrogen-bond donors (Lipinski definition) is 1. The molecule has 0 saturated heterocycles. The molecule has 0 aliphatic rings. The summed E-state index contributed by atoms with van der Waals surface area (Å²) in [6.45, 7) is 1.96. The number of benzene rings is 4. The highest BCUT2D eigenvalue weighted by Crippen LogP contribution is 2.33. The number of halogens is 1. The highest BCUT2D eigenvalue weighted by atomic mass is 35.5. The van der Waals surface area contributed by atoms with Gasteiger partial charge in [0.05, 0.1) is 15.5 Å². The van der Waals surface area contributed by atoms with Gasteiger partial charge in [-0.3, -0.25) is 4.79 Å². The van der Waals surface area contributed by atoms with Gasteiger partial charge in [-0.25, -0.2) is 13.4 Å². The maximum absolute atomic E-state index is 13.4. The van der Waals surface area contributed by atoms with Gasteiger partial charge < -0.3 is 9.73 Å². The summed E-state index contributed by atoms with van der Waals surface area (Å²) in [5, 5.41) is 3.32. The number of fused-ring (bicyclic) bond motifs is 1. The van der Waals surface area contributed by atoms with Gasteiger partial charge in [-0.1, -0.05) is 53.6 Å². The third-order valence-electron chi connectivity index (χ3n) is 5.77. The van der Waals surface area contributed by atoms with Crippen molar-refractivity contribution in [1.82, 2.24) is 4.98 Å². The molecule has 0 fully saturated rings. The molecule has 0 bridgehead atoms. The number of sulfone groups is 1. The number of carbonyl (C=O) groups excluding carboxylic acids is 1. The first-order chi connectivity index (χ1) is 17.2. The summed E-state index contributed by atoms with van der Waals surface area (Å²) in [7, 11) is -3.46. The van der Waals surface area contributed by atoms with Crippen LogP contribution in [0.3, 0.4) is 0 Å². The Morgan fingerprint density at radius 3 is 2.39 bits per heavy atom. The maximum Gasteiger partial charge on any atom is 0.256 e. The number of para-hydroxylation sites is 2. The minimum atomic E-state index is -3.46. The summed E-state index contributed by atoms with van der Waals surface area (Å²) >= 11 is 6.42. The van der Waals surface area contributed by atoms with Crippen LogP contribution in [-0.4, -0.2) is 25.6 Å². The Balaban J connectivity index is 1.52. The molecular formula is C28H21ClN2O4S. The fourth-order valence-electron chi connectivity index (χ4n) is 3.88. The number of aromatic nitrogens is 1. The van der Waals surface area contributed by atoms with E-state index in [4.69, 9.17) is 16.0 Å². The van der Waals surface area contributed by atoms with Crippen LogP contribution in [0.4, 0.5) is 5.69 Å². The molecule has 6 nitrogen and oxygen atoms in total. The number of oxazole rings is 1. The van der Waals surface area contributed by atoms with Gasteiger partial charge in [0.25, 0.3) is 5.91 Å².